The number of pyridine rings is 1. The summed E-state index contributed by atoms with van der Waals surface area (Å²) in [6, 6.07) is 8.00. The summed E-state index contributed by atoms with van der Waals surface area (Å²) in [7, 11) is -1.65. The van der Waals surface area contributed by atoms with Crippen LogP contribution in [-0.2, 0) is 14.6 Å². The van der Waals surface area contributed by atoms with E-state index in [0.717, 1.165) is 12.7 Å². The van der Waals surface area contributed by atoms with Gasteiger partial charge in [-0.2, -0.15) is 0 Å². The van der Waals surface area contributed by atoms with Gasteiger partial charge in [0.2, 0.25) is 0 Å². The largest absolute Gasteiger partial charge is 0.385 e. The second-order valence-electron chi connectivity index (χ2n) is 6.04. The Balaban J connectivity index is 1.88. The van der Waals surface area contributed by atoms with Crippen molar-refractivity contribution in [2.24, 2.45) is 0 Å². The first-order chi connectivity index (χ1) is 12.9. The Morgan fingerprint density at radius 2 is 1.96 bits per heavy atom. The highest BCUT2D eigenvalue weighted by atomic mass is 32.2. The molecule has 2 N–H and O–H groups in total. The van der Waals surface area contributed by atoms with E-state index in [0.29, 0.717) is 41.3 Å². The van der Waals surface area contributed by atoms with Crippen molar-refractivity contribution in [1.29, 1.82) is 0 Å². The fourth-order valence-corrected chi connectivity index (χ4v) is 3.24. The maximum Gasteiger partial charge on any atom is 0.253 e. The molecule has 3 aromatic rings. The Hall–Kier alpha value is -2.78. The summed E-state index contributed by atoms with van der Waals surface area (Å²) < 4.78 is 28.1. The molecule has 0 saturated carbocycles. The predicted molar refractivity (Wildman–Crippen MR) is 101 cm³/mol. The van der Waals surface area contributed by atoms with Gasteiger partial charge in [-0.25, -0.2) is 18.4 Å². The number of imidazole rings is 1. The van der Waals surface area contributed by atoms with Gasteiger partial charge in [0.25, 0.3) is 5.91 Å². The number of nitrogens with one attached hydrogen (secondary N) is 2. The first kappa shape index (κ1) is 19.0. The van der Waals surface area contributed by atoms with Crippen molar-refractivity contribution in [3.63, 3.8) is 0 Å². The van der Waals surface area contributed by atoms with Crippen molar-refractivity contribution in [1.82, 2.24) is 20.3 Å². The Kier molecular flexibility index (Phi) is 5.52. The van der Waals surface area contributed by atoms with Gasteiger partial charge in [0.15, 0.2) is 15.5 Å². The second kappa shape index (κ2) is 7.85. The summed E-state index contributed by atoms with van der Waals surface area (Å²) >= 11 is 0. The molecule has 1 aromatic carbocycles. The predicted octanol–water partition coefficient (Wildman–Crippen LogP) is 1.79. The van der Waals surface area contributed by atoms with Crippen LogP contribution >= 0.6 is 0 Å². The minimum Gasteiger partial charge on any atom is -0.385 e. The minimum absolute atomic E-state index is 0.221. The van der Waals surface area contributed by atoms with Gasteiger partial charge in [-0.05, 0) is 36.8 Å². The molecule has 2 heterocycles. The molecule has 0 aliphatic carbocycles. The summed E-state index contributed by atoms with van der Waals surface area (Å²) in [5.74, 6) is 0.290. The van der Waals surface area contributed by atoms with Crippen LogP contribution in [0.5, 0.6) is 0 Å². The Labute approximate surface area is 156 Å². The highest BCUT2D eigenvalue weighted by molar-refractivity contribution is 7.90. The van der Waals surface area contributed by atoms with E-state index in [1.165, 1.54) is 18.3 Å². The number of aromatic nitrogens is 3. The third-order valence-corrected chi connectivity index (χ3v) is 5.13. The third-order valence-electron chi connectivity index (χ3n) is 4.00. The van der Waals surface area contributed by atoms with Gasteiger partial charge in [-0.3, -0.25) is 4.79 Å². The zero-order valence-corrected chi connectivity index (χ0v) is 15.8. The maximum absolute atomic E-state index is 12.4. The molecule has 9 heteroatoms. The SMILES string of the molecule is COCCCNC(=O)c1ccnc2nc(-c3ccc(S(C)(=O)=O)cc3)[nH]c12. The second-order valence-corrected chi connectivity index (χ2v) is 8.06. The molecule has 0 radical (unpaired) electrons. The molecule has 8 nitrogen and oxygen atoms in total. The number of hydrogen-bond acceptors (Lipinski definition) is 6. The molecular formula is C18H20N4O4S. The van der Waals surface area contributed by atoms with Crippen LogP contribution in [0.1, 0.15) is 16.8 Å². The standard InChI is InChI=1S/C18H20N4O4S/c1-26-11-3-9-20-18(23)14-8-10-19-17-15(14)21-16(22-17)12-4-6-13(7-5-12)27(2,24)25/h4-8,10H,3,9,11H2,1-2H3,(H,20,23)(H,19,21,22). The number of hydrogen-bond donors (Lipinski definition) is 2. The summed E-state index contributed by atoms with van der Waals surface area (Å²) in [5, 5.41) is 2.84. The van der Waals surface area contributed by atoms with Crippen LogP contribution in [0.25, 0.3) is 22.6 Å². The van der Waals surface area contributed by atoms with Crippen LogP contribution in [0, 0.1) is 0 Å². The van der Waals surface area contributed by atoms with Gasteiger partial charge in [0.1, 0.15) is 5.82 Å². The number of H-pyrrole nitrogens is 1. The van der Waals surface area contributed by atoms with E-state index < -0.39 is 9.84 Å². The number of benzene rings is 1. The zero-order chi connectivity index (χ0) is 19.4. The van der Waals surface area contributed by atoms with Crippen LogP contribution in [0.4, 0.5) is 0 Å². The molecule has 0 spiro atoms. The van der Waals surface area contributed by atoms with Crippen molar-refractivity contribution in [3.8, 4) is 11.4 Å². The number of nitrogens with zero attached hydrogens (tertiary/aromatic N) is 2. The van der Waals surface area contributed by atoms with E-state index in [4.69, 9.17) is 4.74 Å². The van der Waals surface area contributed by atoms with Crippen LogP contribution in [-0.4, -0.2) is 55.8 Å². The monoisotopic (exact) mass is 388 g/mol. The van der Waals surface area contributed by atoms with E-state index in [1.54, 1.807) is 25.3 Å². The lowest BCUT2D eigenvalue weighted by atomic mass is 10.2. The van der Waals surface area contributed by atoms with Gasteiger partial charge in [0, 0.05) is 38.3 Å². The molecule has 0 aliphatic rings. The van der Waals surface area contributed by atoms with Crippen LogP contribution in [0.3, 0.4) is 0 Å². The number of aromatic amines is 1. The van der Waals surface area contributed by atoms with Crippen molar-refractivity contribution in [2.45, 2.75) is 11.3 Å². The van der Waals surface area contributed by atoms with Crippen LogP contribution < -0.4 is 5.32 Å². The number of rotatable bonds is 7. The quantitative estimate of drug-likeness (QED) is 0.597. The minimum atomic E-state index is -3.26. The highest BCUT2D eigenvalue weighted by Crippen LogP contribution is 2.23. The summed E-state index contributed by atoms with van der Waals surface area (Å²) in [6.45, 7) is 1.08. The normalized spacial score (nSPS) is 11.6. The fourth-order valence-electron chi connectivity index (χ4n) is 2.61. The molecule has 142 valence electrons. The van der Waals surface area contributed by atoms with E-state index in [1.807, 2.05) is 0 Å². The lowest BCUT2D eigenvalue weighted by Gasteiger charge is -2.05. The average molecular weight is 388 g/mol. The first-order valence-corrected chi connectivity index (χ1v) is 10.2. The fraction of sp³-hybridized carbons (Fsp3) is 0.278. The van der Waals surface area contributed by atoms with Crippen molar-refractivity contribution in [3.05, 3.63) is 42.1 Å². The van der Waals surface area contributed by atoms with Crippen molar-refractivity contribution >= 4 is 26.9 Å². The molecule has 27 heavy (non-hydrogen) atoms. The first-order valence-electron chi connectivity index (χ1n) is 8.32. The summed E-state index contributed by atoms with van der Waals surface area (Å²) in [4.78, 5) is 24.4. The zero-order valence-electron chi connectivity index (χ0n) is 15.0. The number of ether oxygens (including phenoxy) is 1. The molecule has 0 aliphatic heterocycles. The van der Waals surface area contributed by atoms with E-state index in [2.05, 4.69) is 20.3 Å². The number of carbonyl (C=O) groups is 1. The third kappa shape index (κ3) is 4.32. The van der Waals surface area contributed by atoms with Gasteiger partial charge < -0.3 is 15.0 Å². The van der Waals surface area contributed by atoms with Gasteiger partial charge in [0.05, 0.1) is 16.0 Å². The van der Waals surface area contributed by atoms with Gasteiger partial charge in [-0.15, -0.1) is 0 Å². The molecule has 0 unspecified atom stereocenters. The van der Waals surface area contributed by atoms with Gasteiger partial charge >= 0.3 is 0 Å². The van der Waals surface area contributed by atoms with Crippen molar-refractivity contribution < 1.29 is 17.9 Å². The summed E-state index contributed by atoms with van der Waals surface area (Å²) in [5.41, 5.74) is 2.10. The van der Waals surface area contributed by atoms with E-state index in [9.17, 15) is 13.2 Å². The number of methoxy groups -OCH3 is 1. The maximum atomic E-state index is 12.4. The van der Waals surface area contributed by atoms with Gasteiger partial charge in [-0.1, -0.05) is 0 Å². The number of sulfone groups is 1. The summed E-state index contributed by atoms with van der Waals surface area (Å²) in [6.07, 6.45) is 3.41. The molecule has 2 aromatic heterocycles. The van der Waals surface area contributed by atoms with E-state index >= 15 is 0 Å². The van der Waals surface area contributed by atoms with Crippen LogP contribution in [0.2, 0.25) is 0 Å². The number of fused-ring (bicyclic) bond motifs is 1. The molecule has 0 saturated heterocycles. The van der Waals surface area contributed by atoms with E-state index in [-0.39, 0.29) is 10.8 Å². The smallest absolute Gasteiger partial charge is 0.253 e. The molecular weight excluding hydrogens is 368 g/mol. The highest BCUT2D eigenvalue weighted by Gasteiger charge is 2.15. The molecule has 0 fully saturated rings. The Morgan fingerprint density at radius 1 is 1.22 bits per heavy atom. The topological polar surface area (TPSA) is 114 Å². The average Bonchev–Trinajstić information content (AvgIpc) is 3.08. The molecule has 1 amide bonds. The van der Waals surface area contributed by atoms with Crippen molar-refractivity contribution in [2.75, 3.05) is 26.5 Å². The number of carbonyl (C=O) groups excluding carboxylic acids is 1. The Bertz CT molecular complexity index is 1060. The van der Waals surface area contributed by atoms with Crippen LogP contribution in [0.15, 0.2) is 41.4 Å². The Morgan fingerprint density at radius 3 is 2.63 bits per heavy atom. The number of amides is 1. The lowest BCUT2D eigenvalue weighted by molar-refractivity contribution is 0.0950. The molecule has 0 bridgehead atoms. The molecule has 3 rings (SSSR count). The molecule has 0 atom stereocenters. The lowest BCUT2D eigenvalue weighted by Crippen LogP contribution is -2.25.